The highest BCUT2D eigenvalue weighted by atomic mass is 35.5. The summed E-state index contributed by atoms with van der Waals surface area (Å²) in [6.07, 6.45) is 0.202. The minimum atomic E-state index is -0.683. The molecule has 11 heavy (non-hydrogen) atoms. The van der Waals surface area contributed by atoms with Crippen LogP contribution in [0, 0.1) is 0 Å². The number of carbonyl (C=O) groups excluding carboxylic acids is 1. The average molecular weight is 181 g/mol. The van der Waals surface area contributed by atoms with Crippen molar-refractivity contribution in [2.75, 3.05) is 6.54 Å². The van der Waals surface area contributed by atoms with E-state index in [0.717, 1.165) is 0 Å². The summed E-state index contributed by atoms with van der Waals surface area (Å²) in [5.41, 5.74) is 10.4. The summed E-state index contributed by atoms with van der Waals surface area (Å²) in [7, 11) is 0. The second-order valence-corrected chi connectivity index (χ2v) is 2.75. The monoisotopic (exact) mass is 180 g/mol. The fourth-order valence-corrected chi connectivity index (χ4v) is 0.712. The van der Waals surface area contributed by atoms with Crippen molar-refractivity contribution in [3.63, 3.8) is 0 Å². The molecule has 0 aromatic carbocycles. The lowest BCUT2D eigenvalue weighted by Gasteiger charge is -2.09. The van der Waals surface area contributed by atoms with Crippen LogP contribution < -0.4 is 11.5 Å². The highest BCUT2D eigenvalue weighted by Crippen LogP contribution is 2.01. The molecule has 0 heterocycles. The molecule has 0 saturated carbocycles. The van der Waals surface area contributed by atoms with E-state index < -0.39 is 17.4 Å². The predicted octanol–water partition coefficient (Wildman–Crippen LogP) is -0.821. The largest absolute Gasteiger partial charge is 0.392 e. The van der Waals surface area contributed by atoms with Gasteiger partial charge in [-0.25, -0.2) is 0 Å². The Bertz CT molecular complexity index is 132. The van der Waals surface area contributed by atoms with E-state index in [1.807, 2.05) is 0 Å². The summed E-state index contributed by atoms with van der Waals surface area (Å²) in [5, 5.41) is 8.38. The van der Waals surface area contributed by atoms with Gasteiger partial charge in [-0.05, 0) is 24.4 Å². The molecule has 0 spiro atoms. The Morgan fingerprint density at radius 3 is 2.45 bits per heavy atom. The normalized spacial score (nSPS) is 16.0. The fourth-order valence-electron chi connectivity index (χ4n) is 0.603. The number of rotatable bonds is 5. The second kappa shape index (κ2) is 5.49. The Balaban J connectivity index is 3.45. The molecule has 0 bridgehead atoms. The van der Waals surface area contributed by atoms with Crippen LogP contribution in [0.1, 0.15) is 12.8 Å². The van der Waals surface area contributed by atoms with Crippen LogP contribution in [0.25, 0.3) is 0 Å². The summed E-state index contributed by atoms with van der Waals surface area (Å²) in [4.78, 5) is 10.4. The van der Waals surface area contributed by atoms with Gasteiger partial charge in [0.15, 0.2) is 0 Å². The first-order valence-electron chi connectivity index (χ1n) is 3.41. The van der Waals surface area contributed by atoms with Crippen LogP contribution in [-0.2, 0) is 4.79 Å². The van der Waals surface area contributed by atoms with Gasteiger partial charge in [0.05, 0.1) is 12.1 Å². The quantitative estimate of drug-likeness (QED) is 0.483. The third-order valence-corrected chi connectivity index (χ3v) is 1.65. The van der Waals surface area contributed by atoms with E-state index in [2.05, 4.69) is 0 Å². The van der Waals surface area contributed by atoms with Crippen molar-refractivity contribution in [3.05, 3.63) is 0 Å². The maximum atomic E-state index is 10.4. The molecule has 0 aliphatic heterocycles. The zero-order chi connectivity index (χ0) is 8.85. The molecule has 4 nitrogen and oxygen atoms in total. The maximum absolute atomic E-state index is 10.4. The molecule has 0 aromatic rings. The van der Waals surface area contributed by atoms with E-state index >= 15 is 0 Å². The van der Waals surface area contributed by atoms with Gasteiger partial charge in [0.25, 0.3) is 0 Å². The molecule has 0 aliphatic carbocycles. The van der Waals surface area contributed by atoms with E-state index in [4.69, 9.17) is 28.2 Å². The number of nitrogens with two attached hydrogens (primary N) is 2. The number of hydrogen-bond donors (Lipinski definition) is 3. The van der Waals surface area contributed by atoms with E-state index in [9.17, 15) is 4.79 Å². The molecule has 0 radical (unpaired) electrons. The van der Waals surface area contributed by atoms with Crippen molar-refractivity contribution in [1.29, 1.82) is 0 Å². The summed E-state index contributed by atoms with van der Waals surface area (Å²) < 4.78 is 0. The van der Waals surface area contributed by atoms with Gasteiger partial charge < -0.3 is 16.6 Å². The Labute approximate surface area is 70.5 Å². The standard InChI is InChI=1S/C6H13ClN2O2/c7-6(11)5(9)2-1-4(10)3-8/h4-5,10H,1-3,8-9H2/t4?,5-/m0/s1. The van der Waals surface area contributed by atoms with Gasteiger partial charge in [-0.1, -0.05) is 0 Å². The SMILES string of the molecule is NCC(O)CC[C@H](N)C(=O)Cl. The first kappa shape index (κ1) is 10.8. The molecule has 0 rings (SSSR count). The molecule has 2 atom stereocenters. The van der Waals surface area contributed by atoms with Gasteiger partial charge in [-0.2, -0.15) is 0 Å². The predicted molar refractivity (Wildman–Crippen MR) is 43.1 cm³/mol. The molecule has 1 unspecified atom stereocenters. The lowest BCUT2D eigenvalue weighted by molar-refractivity contribution is -0.113. The molecule has 0 aliphatic rings. The van der Waals surface area contributed by atoms with Crippen molar-refractivity contribution in [3.8, 4) is 0 Å². The van der Waals surface area contributed by atoms with Crippen molar-refractivity contribution < 1.29 is 9.90 Å². The van der Waals surface area contributed by atoms with Crippen LogP contribution in [0.2, 0.25) is 0 Å². The molecule has 0 aromatic heterocycles. The molecule has 0 amide bonds. The first-order valence-corrected chi connectivity index (χ1v) is 3.78. The summed E-state index contributed by atoms with van der Waals surface area (Å²) in [5.74, 6) is 0. The van der Waals surface area contributed by atoms with Gasteiger partial charge in [-0.3, -0.25) is 4.79 Å². The average Bonchev–Trinajstić information content (AvgIpc) is 1.99. The summed E-state index contributed by atoms with van der Waals surface area (Å²) in [6.45, 7) is 0.184. The van der Waals surface area contributed by atoms with Crippen molar-refractivity contribution in [2.45, 2.75) is 25.0 Å². The summed E-state index contributed by atoms with van der Waals surface area (Å²) in [6, 6.07) is -0.683. The van der Waals surface area contributed by atoms with E-state index in [1.165, 1.54) is 0 Å². The van der Waals surface area contributed by atoms with E-state index in [0.29, 0.717) is 12.8 Å². The summed E-state index contributed by atoms with van der Waals surface area (Å²) >= 11 is 5.08. The third kappa shape index (κ3) is 5.15. The highest BCUT2D eigenvalue weighted by Gasteiger charge is 2.11. The van der Waals surface area contributed by atoms with Crippen LogP contribution in [-0.4, -0.2) is 29.0 Å². The topological polar surface area (TPSA) is 89.3 Å². The molecule has 0 saturated heterocycles. The minimum absolute atomic E-state index is 0.184. The highest BCUT2D eigenvalue weighted by molar-refractivity contribution is 6.64. The lowest BCUT2D eigenvalue weighted by Crippen LogP contribution is -2.29. The molecule has 5 heteroatoms. The van der Waals surface area contributed by atoms with Gasteiger partial charge in [0.1, 0.15) is 0 Å². The number of aliphatic hydroxyl groups is 1. The van der Waals surface area contributed by atoms with Crippen molar-refractivity contribution >= 4 is 16.8 Å². The van der Waals surface area contributed by atoms with Gasteiger partial charge in [-0.15, -0.1) is 0 Å². The van der Waals surface area contributed by atoms with Crippen LogP contribution in [0.15, 0.2) is 0 Å². The Hall–Kier alpha value is -0.160. The van der Waals surface area contributed by atoms with Gasteiger partial charge in [0.2, 0.25) is 5.24 Å². The number of halogens is 1. The Morgan fingerprint density at radius 1 is 1.55 bits per heavy atom. The van der Waals surface area contributed by atoms with Crippen LogP contribution in [0.3, 0.4) is 0 Å². The van der Waals surface area contributed by atoms with E-state index in [-0.39, 0.29) is 6.54 Å². The zero-order valence-corrected chi connectivity index (χ0v) is 6.92. The minimum Gasteiger partial charge on any atom is -0.392 e. The number of aliphatic hydroxyl groups excluding tert-OH is 1. The van der Waals surface area contributed by atoms with E-state index in [1.54, 1.807) is 0 Å². The van der Waals surface area contributed by atoms with Crippen molar-refractivity contribution in [1.82, 2.24) is 0 Å². The lowest BCUT2D eigenvalue weighted by atomic mass is 10.1. The Morgan fingerprint density at radius 2 is 2.09 bits per heavy atom. The smallest absolute Gasteiger partial charge is 0.238 e. The zero-order valence-electron chi connectivity index (χ0n) is 6.16. The molecule has 0 fully saturated rings. The second-order valence-electron chi connectivity index (χ2n) is 2.38. The van der Waals surface area contributed by atoms with Crippen LogP contribution in [0.4, 0.5) is 0 Å². The third-order valence-electron chi connectivity index (χ3n) is 1.37. The van der Waals surface area contributed by atoms with Gasteiger partial charge >= 0.3 is 0 Å². The van der Waals surface area contributed by atoms with Crippen LogP contribution in [0.5, 0.6) is 0 Å². The molecule has 5 N–H and O–H groups in total. The molecular weight excluding hydrogens is 168 g/mol. The number of hydrogen-bond acceptors (Lipinski definition) is 4. The molecule has 66 valence electrons. The van der Waals surface area contributed by atoms with Crippen LogP contribution >= 0.6 is 11.6 Å². The van der Waals surface area contributed by atoms with Crippen molar-refractivity contribution in [2.24, 2.45) is 11.5 Å². The fraction of sp³-hybridized carbons (Fsp3) is 0.833. The number of carbonyl (C=O) groups is 1. The first-order chi connectivity index (χ1) is 5.07. The molecular formula is C6H13ClN2O2. The Kier molecular flexibility index (Phi) is 5.41. The maximum Gasteiger partial charge on any atom is 0.238 e. The van der Waals surface area contributed by atoms with Gasteiger partial charge in [0, 0.05) is 6.54 Å².